The Labute approximate surface area is 106 Å². The van der Waals surface area contributed by atoms with Crippen LogP contribution in [0.1, 0.15) is 36.1 Å². The minimum Gasteiger partial charge on any atom is -0.456 e. The van der Waals surface area contributed by atoms with E-state index in [4.69, 9.17) is 22.4 Å². The average Bonchev–Trinajstić information content (AvgIpc) is 3.01. The van der Waals surface area contributed by atoms with Crippen molar-refractivity contribution in [2.45, 2.75) is 32.2 Å². The van der Waals surface area contributed by atoms with Crippen LogP contribution in [0.25, 0.3) is 0 Å². The summed E-state index contributed by atoms with van der Waals surface area (Å²) in [6.45, 7) is 1.97. The van der Waals surface area contributed by atoms with Gasteiger partial charge in [-0.05, 0) is 30.9 Å². The molecule has 92 valence electrons. The second kappa shape index (κ2) is 4.87. The monoisotopic (exact) mass is 252 g/mol. The first-order valence-corrected chi connectivity index (χ1v) is 6.21. The van der Waals surface area contributed by atoms with Gasteiger partial charge in [0.25, 0.3) is 5.91 Å². The zero-order valence-electron chi connectivity index (χ0n) is 9.73. The van der Waals surface area contributed by atoms with E-state index in [0.717, 1.165) is 25.0 Å². The van der Waals surface area contributed by atoms with Crippen molar-refractivity contribution >= 4 is 23.1 Å². The lowest BCUT2D eigenvalue weighted by Gasteiger charge is -2.15. The maximum absolute atomic E-state index is 11.9. The first-order valence-electron chi connectivity index (χ1n) is 5.80. The number of amides is 1. The summed E-state index contributed by atoms with van der Waals surface area (Å²) in [6, 6.07) is 3.28. The number of nitrogens with one attached hydrogen (secondary N) is 1. The molecule has 1 amide bonds. The second-order valence-electron chi connectivity index (χ2n) is 4.31. The van der Waals surface area contributed by atoms with E-state index >= 15 is 0 Å². The lowest BCUT2D eigenvalue weighted by Crippen LogP contribution is -2.44. The van der Waals surface area contributed by atoms with Crippen molar-refractivity contribution in [3.05, 3.63) is 23.7 Å². The highest BCUT2D eigenvalue weighted by atomic mass is 32.1. The molecule has 1 aromatic heterocycles. The third kappa shape index (κ3) is 2.85. The van der Waals surface area contributed by atoms with Gasteiger partial charge >= 0.3 is 0 Å². The van der Waals surface area contributed by atoms with Crippen LogP contribution in [0.2, 0.25) is 0 Å². The van der Waals surface area contributed by atoms with Crippen molar-refractivity contribution in [3.63, 3.8) is 0 Å². The molecule has 1 aliphatic carbocycles. The highest BCUT2D eigenvalue weighted by molar-refractivity contribution is 7.80. The minimum absolute atomic E-state index is 0.201. The smallest absolute Gasteiger partial charge is 0.287 e. The highest BCUT2D eigenvalue weighted by Gasteiger charge is 2.34. The molecule has 0 aromatic carbocycles. The van der Waals surface area contributed by atoms with Crippen molar-refractivity contribution in [2.24, 2.45) is 11.7 Å². The molecule has 1 unspecified atom stereocenters. The Hall–Kier alpha value is -1.36. The molecular formula is C12H16N2O2S. The van der Waals surface area contributed by atoms with Crippen molar-refractivity contribution in [1.82, 2.24) is 5.32 Å². The SMILES string of the molecule is CCc1ccc(C(=O)NC(C(N)=S)C2CC2)o1. The first kappa shape index (κ1) is 12.1. The van der Waals surface area contributed by atoms with Gasteiger partial charge in [-0.2, -0.15) is 0 Å². The average molecular weight is 252 g/mol. The van der Waals surface area contributed by atoms with Crippen LogP contribution in [0.15, 0.2) is 16.5 Å². The first-order chi connectivity index (χ1) is 8.11. The molecule has 1 atom stereocenters. The quantitative estimate of drug-likeness (QED) is 0.782. The van der Waals surface area contributed by atoms with Gasteiger partial charge in [0.2, 0.25) is 0 Å². The standard InChI is InChI=1S/C12H16N2O2S/c1-2-8-5-6-9(16-8)12(15)14-10(11(13)17)7-3-4-7/h5-7,10H,2-4H2,1H3,(H2,13,17)(H,14,15). The van der Waals surface area contributed by atoms with E-state index in [1.165, 1.54) is 0 Å². The Balaban J connectivity index is 2.02. The van der Waals surface area contributed by atoms with Gasteiger partial charge in [-0.25, -0.2) is 0 Å². The van der Waals surface area contributed by atoms with Gasteiger partial charge in [-0.3, -0.25) is 4.79 Å². The molecule has 2 rings (SSSR count). The third-order valence-electron chi connectivity index (χ3n) is 2.92. The van der Waals surface area contributed by atoms with E-state index in [0.29, 0.717) is 16.7 Å². The van der Waals surface area contributed by atoms with Crippen LogP contribution in [0.4, 0.5) is 0 Å². The summed E-state index contributed by atoms with van der Waals surface area (Å²) in [5.74, 6) is 1.28. The maximum Gasteiger partial charge on any atom is 0.287 e. The summed E-state index contributed by atoms with van der Waals surface area (Å²) in [5, 5.41) is 2.83. The van der Waals surface area contributed by atoms with Gasteiger partial charge in [-0.15, -0.1) is 0 Å². The lowest BCUT2D eigenvalue weighted by molar-refractivity contribution is 0.0914. The number of hydrogen-bond donors (Lipinski definition) is 2. The normalized spacial score (nSPS) is 16.5. The van der Waals surface area contributed by atoms with Gasteiger partial charge in [0, 0.05) is 6.42 Å². The Morgan fingerprint density at radius 3 is 2.82 bits per heavy atom. The zero-order valence-corrected chi connectivity index (χ0v) is 10.5. The molecule has 4 nitrogen and oxygen atoms in total. The fourth-order valence-corrected chi connectivity index (χ4v) is 2.00. The van der Waals surface area contributed by atoms with Crippen LogP contribution in [-0.4, -0.2) is 16.9 Å². The van der Waals surface area contributed by atoms with E-state index in [1.54, 1.807) is 6.07 Å². The van der Waals surface area contributed by atoms with E-state index in [-0.39, 0.29) is 11.9 Å². The third-order valence-corrected chi connectivity index (χ3v) is 3.17. The molecule has 5 heteroatoms. The molecule has 0 saturated heterocycles. The van der Waals surface area contributed by atoms with E-state index in [1.807, 2.05) is 13.0 Å². The Morgan fingerprint density at radius 2 is 2.35 bits per heavy atom. The van der Waals surface area contributed by atoms with Gasteiger partial charge in [0.15, 0.2) is 5.76 Å². The number of carbonyl (C=O) groups excluding carboxylic acids is 1. The van der Waals surface area contributed by atoms with Crippen molar-refractivity contribution in [3.8, 4) is 0 Å². The van der Waals surface area contributed by atoms with Crippen LogP contribution in [0, 0.1) is 5.92 Å². The maximum atomic E-state index is 11.9. The van der Waals surface area contributed by atoms with Gasteiger partial charge < -0.3 is 15.5 Å². The van der Waals surface area contributed by atoms with E-state index in [9.17, 15) is 4.79 Å². The second-order valence-corrected chi connectivity index (χ2v) is 4.78. The molecule has 1 aliphatic rings. The van der Waals surface area contributed by atoms with Crippen LogP contribution < -0.4 is 11.1 Å². The molecular weight excluding hydrogens is 236 g/mol. The molecule has 0 spiro atoms. The van der Waals surface area contributed by atoms with Crippen LogP contribution in [0.3, 0.4) is 0 Å². The van der Waals surface area contributed by atoms with Gasteiger partial charge in [0.1, 0.15) is 5.76 Å². The molecule has 1 saturated carbocycles. The summed E-state index contributed by atoms with van der Waals surface area (Å²) >= 11 is 4.96. The summed E-state index contributed by atoms with van der Waals surface area (Å²) in [6.07, 6.45) is 2.91. The fourth-order valence-electron chi connectivity index (χ4n) is 1.75. The molecule has 0 radical (unpaired) electrons. The number of hydrogen-bond acceptors (Lipinski definition) is 3. The molecule has 1 aromatic rings. The van der Waals surface area contributed by atoms with Crippen LogP contribution in [-0.2, 0) is 6.42 Å². The molecule has 0 bridgehead atoms. The molecule has 3 N–H and O–H groups in total. The largest absolute Gasteiger partial charge is 0.456 e. The Morgan fingerprint density at radius 1 is 1.65 bits per heavy atom. The number of furan rings is 1. The summed E-state index contributed by atoms with van der Waals surface area (Å²) in [5.41, 5.74) is 5.62. The zero-order chi connectivity index (χ0) is 12.4. The van der Waals surface area contributed by atoms with Gasteiger partial charge in [-0.1, -0.05) is 19.1 Å². The van der Waals surface area contributed by atoms with Crippen molar-refractivity contribution in [2.75, 3.05) is 0 Å². The van der Waals surface area contributed by atoms with Crippen molar-refractivity contribution < 1.29 is 9.21 Å². The number of thiocarbonyl (C=S) groups is 1. The Kier molecular flexibility index (Phi) is 3.47. The van der Waals surface area contributed by atoms with Crippen LogP contribution >= 0.6 is 12.2 Å². The lowest BCUT2D eigenvalue weighted by atomic mass is 10.2. The predicted octanol–water partition coefficient (Wildman–Crippen LogP) is 1.64. The van der Waals surface area contributed by atoms with E-state index < -0.39 is 0 Å². The van der Waals surface area contributed by atoms with Crippen molar-refractivity contribution in [1.29, 1.82) is 0 Å². The molecule has 17 heavy (non-hydrogen) atoms. The topological polar surface area (TPSA) is 68.3 Å². The Bertz CT molecular complexity index is 437. The molecule has 0 aliphatic heterocycles. The summed E-state index contributed by atoms with van der Waals surface area (Å²) in [4.78, 5) is 12.3. The van der Waals surface area contributed by atoms with Crippen LogP contribution in [0.5, 0.6) is 0 Å². The summed E-state index contributed by atoms with van der Waals surface area (Å²) < 4.78 is 5.38. The number of nitrogens with two attached hydrogens (primary N) is 1. The number of aryl methyl sites for hydroxylation is 1. The fraction of sp³-hybridized carbons (Fsp3) is 0.500. The van der Waals surface area contributed by atoms with Gasteiger partial charge in [0.05, 0.1) is 11.0 Å². The minimum atomic E-state index is -0.241. The number of carbonyl (C=O) groups is 1. The number of rotatable bonds is 5. The van der Waals surface area contributed by atoms with E-state index in [2.05, 4.69) is 5.32 Å². The highest BCUT2D eigenvalue weighted by Crippen LogP contribution is 2.32. The molecule has 1 heterocycles. The molecule has 1 fully saturated rings. The summed E-state index contributed by atoms with van der Waals surface area (Å²) in [7, 11) is 0. The predicted molar refractivity (Wildman–Crippen MR) is 68.8 cm³/mol.